The van der Waals surface area contributed by atoms with E-state index in [9.17, 15) is 13.2 Å². The van der Waals surface area contributed by atoms with E-state index in [0.29, 0.717) is 6.42 Å². The molecule has 0 atom stereocenters. The molecule has 0 aromatic heterocycles. The molecule has 0 heterocycles. The Bertz CT molecular complexity index is 255. The molecule has 0 amide bonds. The fourth-order valence-corrected chi connectivity index (χ4v) is 2.72. The van der Waals surface area contributed by atoms with Crippen molar-refractivity contribution in [1.82, 2.24) is 0 Å². The molecule has 0 unspecified atom stereocenters. The van der Waals surface area contributed by atoms with Crippen molar-refractivity contribution in [2.75, 3.05) is 11.5 Å². The Kier molecular flexibility index (Phi) is 6.79. The number of carbonyl (C=O) groups excluding carboxylic acids is 1. The van der Waals surface area contributed by atoms with Gasteiger partial charge >= 0.3 is 0 Å². The summed E-state index contributed by atoms with van der Waals surface area (Å²) < 4.78 is 22.5. The van der Waals surface area contributed by atoms with Crippen molar-refractivity contribution >= 4 is 15.6 Å². The zero-order chi connectivity index (χ0) is 11.0. The van der Waals surface area contributed by atoms with Crippen molar-refractivity contribution in [2.45, 2.75) is 46.0 Å². The minimum atomic E-state index is -3.12. The minimum Gasteiger partial charge on any atom is -0.299 e. The number of Topliss-reactive ketones (excluding diaryl/α,β-unsaturated/α-hetero) is 1. The van der Waals surface area contributed by atoms with Crippen LogP contribution >= 0.6 is 0 Å². The molecule has 0 fully saturated rings. The number of sulfone groups is 1. The molecule has 0 aromatic rings. The lowest BCUT2D eigenvalue weighted by molar-refractivity contribution is -0.114. The van der Waals surface area contributed by atoms with Crippen molar-refractivity contribution in [3.8, 4) is 0 Å². The smallest absolute Gasteiger partial charge is 0.157 e. The summed E-state index contributed by atoms with van der Waals surface area (Å²) >= 11 is 0. The van der Waals surface area contributed by atoms with Crippen LogP contribution in [0.3, 0.4) is 0 Å². The average Bonchev–Trinajstić information content (AvgIpc) is 2.01. The lowest BCUT2D eigenvalue weighted by Crippen LogP contribution is -2.16. The fourth-order valence-electron chi connectivity index (χ4n) is 1.31. The molecule has 4 heteroatoms. The van der Waals surface area contributed by atoms with Crippen molar-refractivity contribution < 1.29 is 13.2 Å². The van der Waals surface area contributed by atoms with Gasteiger partial charge in [-0.05, 0) is 13.3 Å². The molecule has 84 valence electrons. The van der Waals surface area contributed by atoms with E-state index in [1.807, 2.05) is 0 Å². The predicted octanol–water partition coefficient (Wildman–Crippen LogP) is 1.96. The topological polar surface area (TPSA) is 51.2 Å². The summed E-state index contributed by atoms with van der Waals surface area (Å²) in [6, 6.07) is 0. The lowest BCUT2D eigenvalue weighted by Gasteiger charge is -2.01. The van der Waals surface area contributed by atoms with Gasteiger partial charge in [-0.25, -0.2) is 8.42 Å². The molecule has 0 saturated carbocycles. The number of unbranched alkanes of at least 4 members (excludes halogenated alkanes) is 4. The van der Waals surface area contributed by atoms with E-state index in [4.69, 9.17) is 0 Å². The van der Waals surface area contributed by atoms with Crippen LogP contribution in [0.15, 0.2) is 0 Å². The van der Waals surface area contributed by atoms with Gasteiger partial charge in [0.2, 0.25) is 0 Å². The van der Waals surface area contributed by atoms with Crippen molar-refractivity contribution in [3.63, 3.8) is 0 Å². The summed E-state index contributed by atoms with van der Waals surface area (Å²) in [4.78, 5) is 10.6. The van der Waals surface area contributed by atoms with Crippen LogP contribution in [-0.4, -0.2) is 25.7 Å². The summed E-state index contributed by atoms with van der Waals surface area (Å²) in [5, 5.41) is 0. The number of hydrogen-bond acceptors (Lipinski definition) is 3. The quantitative estimate of drug-likeness (QED) is 0.588. The van der Waals surface area contributed by atoms with E-state index in [2.05, 4.69) is 6.92 Å². The van der Waals surface area contributed by atoms with Gasteiger partial charge in [-0.15, -0.1) is 0 Å². The van der Waals surface area contributed by atoms with Crippen LogP contribution < -0.4 is 0 Å². The van der Waals surface area contributed by atoms with Gasteiger partial charge in [-0.2, -0.15) is 0 Å². The summed E-state index contributed by atoms with van der Waals surface area (Å²) in [5.41, 5.74) is 0. The summed E-state index contributed by atoms with van der Waals surface area (Å²) in [6.45, 7) is 3.43. The van der Waals surface area contributed by atoms with Crippen LogP contribution in [0.25, 0.3) is 0 Å². The highest BCUT2D eigenvalue weighted by Crippen LogP contribution is 2.04. The average molecular weight is 220 g/mol. The van der Waals surface area contributed by atoms with Gasteiger partial charge in [-0.3, -0.25) is 4.79 Å². The molecule has 0 aromatic carbocycles. The second-order valence-corrected chi connectivity index (χ2v) is 5.89. The molecule has 0 aliphatic carbocycles. The molecule has 14 heavy (non-hydrogen) atoms. The van der Waals surface area contributed by atoms with E-state index >= 15 is 0 Å². The highest BCUT2D eigenvalue weighted by molar-refractivity contribution is 7.92. The third-order valence-corrected chi connectivity index (χ3v) is 3.74. The van der Waals surface area contributed by atoms with Gasteiger partial charge in [0.1, 0.15) is 11.5 Å². The normalized spacial score (nSPS) is 11.6. The van der Waals surface area contributed by atoms with Gasteiger partial charge < -0.3 is 0 Å². The van der Waals surface area contributed by atoms with E-state index < -0.39 is 9.84 Å². The maximum Gasteiger partial charge on any atom is 0.157 e. The largest absolute Gasteiger partial charge is 0.299 e. The number of rotatable bonds is 8. The molecule has 0 rings (SSSR count). The second-order valence-electron chi connectivity index (χ2n) is 3.71. The second kappa shape index (κ2) is 6.98. The molecule has 0 saturated heterocycles. The minimum absolute atomic E-state index is 0.163. The van der Waals surface area contributed by atoms with E-state index in [-0.39, 0.29) is 17.3 Å². The van der Waals surface area contributed by atoms with Crippen molar-refractivity contribution in [3.05, 3.63) is 0 Å². The van der Waals surface area contributed by atoms with Crippen LogP contribution in [0.1, 0.15) is 46.0 Å². The molecular weight excluding hydrogens is 200 g/mol. The van der Waals surface area contributed by atoms with Crippen LogP contribution in [0.5, 0.6) is 0 Å². The molecule has 0 bridgehead atoms. The van der Waals surface area contributed by atoms with Gasteiger partial charge in [0.05, 0.1) is 5.75 Å². The Hall–Kier alpha value is -0.380. The Morgan fingerprint density at radius 3 is 2.14 bits per heavy atom. The standard InChI is InChI=1S/C10H20O3S/c1-3-4-5-6-7-8-14(12,13)9-10(2)11/h3-9H2,1-2H3. The predicted molar refractivity (Wildman–Crippen MR) is 58.1 cm³/mol. The Morgan fingerprint density at radius 2 is 1.64 bits per heavy atom. The highest BCUT2D eigenvalue weighted by Gasteiger charge is 2.12. The first-order chi connectivity index (χ1) is 6.48. The van der Waals surface area contributed by atoms with Gasteiger partial charge in [0, 0.05) is 0 Å². The van der Waals surface area contributed by atoms with Gasteiger partial charge in [0.15, 0.2) is 9.84 Å². The zero-order valence-electron chi connectivity index (χ0n) is 9.08. The van der Waals surface area contributed by atoms with Crippen molar-refractivity contribution in [2.24, 2.45) is 0 Å². The molecule has 0 spiro atoms. The first-order valence-corrected chi connectivity index (χ1v) is 7.00. The van der Waals surface area contributed by atoms with Crippen LogP contribution in [0.2, 0.25) is 0 Å². The first kappa shape index (κ1) is 13.6. The van der Waals surface area contributed by atoms with Crippen LogP contribution in [-0.2, 0) is 14.6 Å². The third kappa shape index (κ3) is 8.23. The van der Waals surface area contributed by atoms with E-state index in [1.54, 1.807) is 0 Å². The highest BCUT2D eigenvalue weighted by atomic mass is 32.2. The fraction of sp³-hybridized carbons (Fsp3) is 0.900. The maximum atomic E-state index is 11.3. The van der Waals surface area contributed by atoms with Crippen LogP contribution in [0, 0.1) is 0 Å². The molecule has 0 aliphatic rings. The monoisotopic (exact) mass is 220 g/mol. The maximum absolute atomic E-state index is 11.3. The molecule has 0 aliphatic heterocycles. The molecular formula is C10H20O3S. The first-order valence-electron chi connectivity index (χ1n) is 5.18. The van der Waals surface area contributed by atoms with Crippen molar-refractivity contribution in [1.29, 1.82) is 0 Å². The third-order valence-electron chi connectivity index (χ3n) is 1.98. The van der Waals surface area contributed by atoms with E-state index in [1.165, 1.54) is 6.92 Å². The van der Waals surface area contributed by atoms with Gasteiger partial charge in [0.25, 0.3) is 0 Å². The lowest BCUT2D eigenvalue weighted by atomic mass is 10.2. The number of hydrogen-bond donors (Lipinski definition) is 0. The molecule has 0 N–H and O–H groups in total. The Balaban J connectivity index is 3.61. The van der Waals surface area contributed by atoms with E-state index in [0.717, 1.165) is 25.7 Å². The Morgan fingerprint density at radius 1 is 1.07 bits per heavy atom. The van der Waals surface area contributed by atoms with Gasteiger partial charge in [-0.1, -0.05) is 32.6 Å². The summed E-state index contributed by atoms with van der Waals surface area (Å²) in [7, 11) is -3.12. The van der Waals surface area contributed by atoms with Crippen LogP contribution in [0.4, 0.5) is 0 Å². The summed E-state index contributed by atoms with van der Waals surface area (Å²) in [6.07, 6.45) is 5.04. The molecule has 3 nitrogen and oxygen atoms in total. The Labute approximate surface area is 86.8 Å². The number of ketones is 1. The molecule has 0 radical (unpaired) electrons. The number of carbonyl (C=O) groups is 1. The SMILES string of the molecule is CCCCCCCS(=O)(=O)CC(C)=O. The zero-order valence-corrected chi connectivity index (χ0v) is 9.90. The summed E-state index contributed by atoms with van der Waals surface area (Å²) in [5.74, 6) is -0.393.